The molecule has 0 saturated carbocycles. The van der Waals surface area contributed by atoms with Crippen LogP contribution in [0.15, 0.2) is 12.3 Å². The largest absolute Gasteiger partial charge is 0.354 e. The quantitative estimate of drug-likeness (QED) is 0.589. The highest BCUT2D eigenvalue weighted by Gasteiger charge is 1.95. The van der Waals surface area contributed by atoms with E-state index in [4.69, 9.17) is 0 Å². The van der Waals surface area contributed by atoms with E-state index in [0.717, 1.165) is 0 Å². The van der Waals surface area contributed by atoms with Crippen LogP contribution in [0.2, 0.25) is 0 Å². The third-order valence-electron chi connectivity index (χ3n) is 1.85. The molecule has 56 valence electrons. The van der Waals surface area contributed by atoms with E-state index in [0.29, 0.717) is 0 Å². The molecule has 0 fully saturated rings. The van der Waals surface area contributed by atoms with E-state index in [1.165, 1.54) is 24.1 Å². The van der Waals surface area contributed by atoms with Crippen molar-refractivity contribution in [2.24, 2.45) is 7.05 Å². The molecular formula is C9H15N. The molecule has 0 aliphatic carbocycles. The van der Waals surface area contributed by atoms with Crippen LogP contribution < -0.4 is 0 Å². The van der Waals surface area contributed by atoms with Gasteiger partial charge in [0, 0.05) is 18.9 Å². The van der Waals surface area contributed by atoms with Crippen molar-refractivity contribution >= 4 is 0 Å². The molecule has 0 atom stereocenters. The second kappa shape index (κ2) is 2.91. The predicted octanol–water partition coefficient (Wildman–Crippen LogP) is 2.29. The Kier molecular flexibility index (Phi) is 2.15. The number of rotatable bonds is 2. The Hall–Kier alpha value is -0.720. The van der Waals surface area contributed by atoms with E-state index < -0.39 is 0 Å². The Bertz CT molecular complexity index is 191. The van der Waals surface area contributed by atoms with Crippen LogP contribution in [0, 0.1) is 6.92 Å². The van der Waals surface area contributed by atoms with E-state index in [1.807, 2.05) is 0 Å². The molecule has 1 heteroatoms. The van der Waals surface area contributed by atoms with Gasteiger partial charge in [0.25, 0.3) is 0 Å². The summed E-state index contributed by atoms with van der Waals surface area (Å²) in [6.07, 6.45) is 4.66. The molecular weight excluding hydrogens is 122 g/mol. The van der Waals surface area contributed by atoms with Crippen molar-refractivity contribution in [2.45, 2.75) is 26.7 Å². The zero-order valence-corrected chi connectivity index (χ0v) is 7.02. The lowest BCUT2D eigenvalue weighted by Gasteiger charge is -1.90. The number of nitrogens with zero attached hydrogens (tertiary/aromatic N) is 1. The van der Waals surface area contributed by atoms with Crippen molar-refractivity contribution in [3.63, 3.8) is 0 Å². The van der Waals surface area contributed by atoms with E-state index in [2.05, 4.69) is 37.7 Å². The maximum absolute atomic E-state index is 2.25. The zero-order chi connectivity index (χ0) is 7.56. The molecule has 0 amide bonds. The molecule has 0 radical (unpaired) electrons. The summed E-state index contributed by atoms with van der Waals surface area (Å²) >= 11 is 0. The Balaban J connectivity index is 2.77. The average molecular weight is 137 g/mol. The molecule has 0 N–H and O–H groups in total. The van der Waals surface area contributed by atoms with Crippen LogP contribution in [0.5, 0.6) is 0 Å². The van der Waals surface area contributed by atoms with Gasteiger partial charge in [-0.3, -0.25) is 0 Å². The second-order valence-electron chi connectivity index (χ2n) is 2.85. The molecule has 1 nitrogen and oxygen atoms in total. The van der Waals surface area contributed by atoms with Crippen LogP contribution >= 0.6 is 0 Å². The fourth-order valence-electron chi connectivity index (χ4n) is 1.18. The summed E-state index contributed by atoms with van der Waals surface area (Å²) < 4.78 is 2.17. The van der Waals surface area contributed by atoms with Crippen LogP contribution in [0.4, 0.5) is 0 Å². The van der Waals surface area contributed by atoms with Crippen molar-refractivity contribution in [3.8, 4) is 0 Å². The highest BCUT2D eigenvalue weighted by atomic mass is 14.9. The van der Waals surface area contributed by atoms with Crippen molar-refractivity contribution in [3.05, 3.63) is 23.5 Å². The molecule has 0 aliphatic heterocycles. The van der Waals surface area contributed by atoms with Crippen LogP contribution in [-0.4, -0.2) is 4.57 Å². The molecule has 0 bridgehead atoms. The Morgan fingerprint density at radius 3 is 2.60 bits per heavy atom. The highest BCUT2D eigenvalue weighted by molar-refractivity contribution is 5.17. The molecule has 1 aromatic heterocycles. The number of aromatic nitrogens is 1. The molecule has 10 heavy (non-hydrogen) atoms. The van der Waals surface area contributed by atoms with Gasteiger partial charge in [0.2, 0.25) is 0 Å². The zero-order valence-electron chi connectivity index (χ0n) is 7.02. The van der Waals surface area contributed by atoms with Gasteiger partial charge in [-0.25, -0.2) is 0 Å². The minimum atomic E-state index is 1.21. The SMILES string of the molecule is CCCc1cc(C)n(C)c1. The van der Waals surface area contributed by atoms with E-state index in [-0.39, 0.29) is 0 Å². The third kappa shape index (κ3) is 1.41. The summed E-state index contributed by atoms with van der Waals surface area (Å²) in [5, 5.41) is 0. The number of hydrogen-bond acceptors (Lipinski definition) is 0. The smallest absolute Gasteiger partial charge is 0.0143 e. The van der Waals surface area contributed by atoms with Crippen LogP contribution in [0.3, 0.4) is 0 Å². The molecule has 0 spiro atoms. The Morgan fingerprint density at radius 1 is 1.50 bits per heavy atom. The molecule has 1 aromatic rings. The summed E-state index contributed by atoms with van der Waals surface area (Å²) in [6.45, 7) is 4.35. The van der Waals surface area contributed by atoms with Gasteiger partial charge in [0.1, 0.15) is 0 Å². The normalized spacial score (nSPS) is 10.3. The van der Waals surface area contributed by atoms with Crippen molar-refractivity contribution < 1.29 is 0 Å². The van der Waals surface area contributed by atoms with E-state index in [1.54, 1.807) is 0 Å². The summed E-state index contributed by atoms with van der Waals surface area (Å²) in [6, 6.07) is 2.25. The van der Waals surface area contributed by atoms with Gasteiger partial charge in [-0.15, -0.1) is 0 Å². The maximum Gasteiger partial charge on any atom is 0.0143 e. The van der Waals surface area contributed by atoms with Crippen molar-refractivity contribution in [2.75, 3.05) is 0 Å². The monoisotopic (exact) mass is 137 g/mol. The Morgan fingerprint density at radius 2 is 2.20 bits per heavy atom. The fourth-order valence-corrected chi connectivity index (χ4v) is 1.18. The minimum absolute atomic E-state index is 1.21. The van der Waals surface area contributed by atoms with Crippen molar-refractivity contribution in [1.82, 2.24) is 4.57 Å². The highest BCUT2D eigenvalue weighted by Crippen LogP contribution is 2.07. The van der Waals surface area contributed by atoms with Crippen LogP contribution in [0.25, 0.3) is 0 Å². The summed E-state index contributed by atoms with van der Waals surface area (Å²) in [5.74, 6) is 0. The lowest BCUT2D eigenvalue weighted by molar-refractivity contribution is 0.867. The molecule has 0 aromatic carbocycles. The standard InChI is InChI=1S/C9H15N/c1-4-5-9-6-8(2)10(3)7-9/h6-7H,4-5H2,1-3H3. The topological polar surface area (TPSA) is 4.93 Å². The summed E-state index contributed by atoms with van der Waals surface area (Å²) in [4.78, 5) is 0. The predicted molar refractivity (Wildman–Crippen MR) is 44.1 cm³/mol. The van der Waals surface area contributed by atoms with Gasteiger partial charge >= 0.3 is 0 Å². The van der Waals surface area contributed by atoms with Crippen LogP contribution in [0.1, 0.15) is 24.6 Å². The number of hydrogen-bond donors (Lipinski definition) is 0. The minimum Gasteiger partial charge on any atom is -0.354 e. The van der Waals surface area contributed by atoms with E-state index >= 15 is 0 Å². The first kappa shape index (κ1) is 7.39. The second-order valence-corrected chi connectivity index (χ2v) is 2.85. The number of aryl methyl sites for hydroxylation is 3. The fraction of sp³-hybridized carbons (Fsp3) is 0.556. The first-order valence-electron chi connectivity index (χ1n) is 3.86. The van der Waals surface area contributed by atoms with Gasteiger partial charge in [-0.05, 0) is 25.0 Å². The summed E-state index contributed by atoms with van der Waals surface area (Å²) in [5.41, 5.74) is 2.81. The molecule has 1 heterocycles. The molecule has 0 unspecified atom stereocenters. The lowest BCUT2D eigenvalue weighted by Crippen LogP contribution is -1.85. The van der Waals surface area contributed by atoms with Gasteiger partial charge < -0.3 is 4.57 Å². The van der Waals surface area contributed by atoms with Gasteiger partial charge in [-0.2, -0.15) is 0 Å². The molecule has 0 aliphatic rings. The molecule has 1 rings (SSSR count). The lowest BCUT2D eigenvalue weighted by atomic mass is 10.2. The van der Waals surface area contributed by atoms with Gasteiger partial charge in [0.05, 0.1) is 0 Å². The maximum atomic E-state index is 2.25. The van der Waals surface area contributed by atoms with Gasteiger partial charge in [0.15, 0.2) is 0 Å². The van der Waals surface area contributed by atoms with E-state index in [9.17, 15) is 0 Å². The van der Waals surface area contributed by atoms with Crippen LogP contribution in [-0.2, 0) is 13.5 Å². The first-order valence-corrected chi connectivity index (χ1v) is 3.86. The molecule has 0 saturated heterocycles. The van der Waals surface area contributed by atoms with Gasteiger partial charge in [-0.1, -0.05) is 13.3 Å². The Labute approximate surface area is 62.7 Å². The van der Waals surface area contributed by atoms with Crippen molar-refractivity contribution in [1.29, 1.82) is 0 Å². The third-order valence-corrected chi connectivity index (χ3v) is 1.85. The average Bonchev–Trinajstić information content (AvgIpc) is 2.14. The first-order chi connectivity index (χ1) is 4.74. The summed E-state index contributed by atoms with van der Waals surface area (Å²) in [7, 11) is 2.09.